The van der Waals surface area contributed by atoms with Gasteiger partial charge in [-0.15, -0.1) is 0 Å². The van der Waals surface area contributed by atoms with Gasteiger partial charge in [-0.2, -0.15) is 9.80 Å². The molecule has 2 N–H and O–H groups in total. The number of ether oxygens (including phenoxy) is 2. The summed E-state index contributed by atoms with van der Waals surface area (Å²) in [4.78, 5) is 134. The molecule has 4 aliphatic rings. The number of unbranched alkanes of at least 4 members (excludes halogenated alkanes) is 5. The van der Waals surface area contributed by atoms with Gasteiger partial charge in [0.05, 0.1) is 0 Å². The van der Waals surface area contributed by atoms with Crippen LogP contribution in [0.4, 0.5) is 21.0 Å². The summed E-state index contributed by atoms with van der Waals surface area (Å²) in [6, 6.07) is 7.79. The highest BCUT2D eigenvalue weighted by atomic mass is 16.6. The molecular formula is C46H56N6O12. The molecule has 0 bridgehead atoms. The summed E-state index contributed by atoms with van der Waals surface area (Å²) in [6.45, 7) is 9.75. The smallest absolute Gasteiger partial charge is 0.424 e. The van der Waals surface area contributed by atoms with Crippen LogP contribution in [-0.2, 0) is 51.3 Å². The zero-order valence-electron chi connectivity index (χ0n) is 37.2. The summed E-state index contributed by atoms with van der Waals surface area (Å²) in [6.07, 6.45) is 2.70. The van der Waals surface area contributed by atoms with Crippen LogP contribution in [0, 0.1) is 0 Å². The number of piperidine rings is 2. The third-order valence-electron chi connectivity index (χ3n) is 11.3. The van der Waals surface area contributed by atoms with E-state index in [0.29, 0.717) is 56.3 Å². The Bertz CT molecular complexity index is 2120. The van der Waals surface area contributed by atoms with Crippen molar-refractivity contribution >= 4 is 70.8 Å². The van der Waals surface area contributed by atoms with Gasteiger partial charge in [-0.25, -0.2) is 9.59 Å². The molecule has 2 saturated heterocycles. The molecule has 342 valence electrons. The van der Waals surface area contributed by atoms with Crippen molar-refractivity contribution in [1.29, 1.82) is 0 Å². The van der Waals surface area contributed by atoms with Crippen molar-refractivity contribution < 1.29 is 57.4 Å². The second kappa shape index (κ2) is 19.1. The van der Waals surface area contributed by atoms with Gasteiger partial charge in [0.2, 0.25) is 23.6 Å². The Labute approximate surface area is 371 Å². The first-order valence-corrected chi connectivity index (χ1v) is 21.8. The van der Waals surface area contributed by atoms with E-state index in [1.165, 1.54) is 9.80 Å². The minimum Gasteiger partial charge on any atom is -0.443 e. The fourth-order valence-electron chi connectivity index (χ4n) is 8.26. The molecule has 2 atom stereocenters. The predicted molar refractivity (Wildman–Crippen MR) is 229 cm³/mol. The van der Waals surface area contributed by atoms with Gasteiger partial charge in [0.15, 0.2) is 0 Å². The lowest BCUT2D eigenvalue weighted by atomic mass is 10.0. The van der Waals surface area contributed by atoms with Gasteiger partial charge >= 0.3 is 12.2 Å². The summed E-state index contributed by atoms with van der Waals surface area (Å²) in [7, 11) is 0. The molecule has 6 rings (SSSR count). The van der Waals surface area contributed by atoms with Gasteiger partial charge in [0.25, 0.3) is 23.6 Å². The van der Waals surface area contributed by atoms with E-state index in [1.54, 1.807) is 77.9 Å². The van der Waals surface area contributed by atoms with E-state index in [1.807, 2.05) is 0 Å². The quantitative estimate of drug-likeness (QED) is 0.169. The van der Waals surface area contributed by atoms with Gasteiger partial charge in [0, 0.05) is 72.4 Å². The molecule has 2 fully saturated rings. The summed E-state index contributed by atoms with van der Waals surface area (Å²) in [5, 5.41) is 5.80. The predicted octanol–water partition coefficient (Wildman–Crippen LogP) is 6.20. The fourth-order valence-corrected chi connectivity index (χ4v) is 8.26. The Morgan fingerprint density at radius 2 is 0.922 bits per heavy atom. The molecule has 18 heteroatoms. The number of rotatable bonds is 13. The van der Waals surface area contributed by atoms with Crippen molar-refractivity contribution in [3.05, 3.63) is 58.7 Å². The van der Waals surface area contributed by atoms with Crippen molar-refractivity contribution in [3.8, 4) is 0 Å². The van der Waals surface area contributed by atoms with Crippen molar-refractivity contribution in [2.75, 3.05) is 10.6 Å². The highest BCUT2D eigenvalue weighted by molar-refractivity contribution is 6.15. The van der Waals surface area contributed by atoms with Crippen molar-refractivity contribution in [3.63, 3.8) is 0 Å². The molecule has 2 unspecified atom stereocenters. The van der Waals surface area contributed by atoms with Crippen LogP contribution >= 0.6 is 0 Å². The molecule has 0 radical (unpaired) electrons. The average molecular weight is 885 g/mol. The maximum atomic E-state index is 13.5. The Morgan fingerprint density at radius 3 is 1.28 bits per heavy atom. The fraction of sp³-hybridized carbons (Fsp3) is 0.522. The topological polar surface area (TPSA) is 226 Å². The zero-order chi connectivity index (χ0) is 46.7. The number of nitrogens with zero attached hydrogens (tertiary/aromatic N) is 4. The second-order valence-corrected chi connectivity index (χ2v) is 18.5. The molecule has 64 heavy (non-hydrogen) atoms. The van der Waals surface area contributed by atoms with Crippen LogP contribution in [0.3, 0.4) is 0 Å². The van der Waals surface area contributed by atoms with Crippen LogP contribution in [-0.4, -0.2) is 102 Å². The first-order valence-electron chi connectivity index (χ1n) is 21.8. The van der Waals surface area contributed by atoms with E-state index < -0.39 is 70.9 Å². The zero-order valence-corrected chi connectivity index (χ0v) is 37.2. The largest absolute Gasteiger partial charge is 0.443 e. The minimum atomic E-state index is -1.08. The summed E-state index contributed by atoms with van der Waals surface area (Å²) >= 11 is 0. The molecule has 10 amide bonds. The number of benzene rings is 2. The Balaban J connectivity index is 0.908. The van der Waals surface area contributed by atoms with Crippen LogP contribution in [0.2, 0.25) is 0 Å². The van der Waals surface area contributed by atoms with Gasteiger partial charge in [-0.1, -0.05) is 37.8 Å². The highest BCUT2D eigenvalue weighted by Crippen LogP contribution is 2.36. The number of carbonyl (C=O) groups is 10. The summed E-state index contributed by atoms with van der Waals surface area (Å²) < 4.78 is 10.5. The molecular weight excluding hydrogens is 829 g/mol. The highest BCUT2D eigenvalue weighted by Gasteiger charge is 2.48. The number of fused-ring (bicyclic) bond motifs is 2. The third kappa shape index (κ3) is 10.7. The molecule has 2 aromatic carbocycles. The lowest BCUT2D eigenvalue weighted by Gasteiger charge is -2.35. The standard InChI is InChI=1S/C46H56N6O12/c1-45(2,3)63-43(61)51-37(55)23-21-33(41(51)59)49-25-29-27(39(49)57)15-13-17-31(29)47-35(53)19-11-9-7-8-10-12-20-36(54)48-32-18-14-16-28-30(32)26-50(40(28)58)34-22-24-38(56)52(42(34)60)44(62)64-46(4,5)6/h13-18,33-34H,7-12,19-26H2,1-6H3,(H,47,53)(H,48,54). The van der Waals surface area contributed by atoms with E-state index in [0.717, 1.165) is 25.7 Å². The van der Waals surface area contributed by atoms with E-state index >= 15 is 0 Å². The first kappa shape index (κ1) is 47.0. The van der Waals surface area contributed by atoms with E-state index in [9.17, 15) is 47.9 Å². The molecule has 4 aliphatic heterocycles. The molecule has 0 aliphatic carbocycles. The number of hydrogen-bond acceptors (Lipinski definition) is 12. The molecule has 0 saturated carbocycles. The maximum absolute atomic E-state index is 13.5. The number of anilines is 2. The number of hydrogen-bond donors (Lipinski definition) is 2. The second-order valence-electron chi connectivity index (χ2n) is 18.5. The van der Waals surface area contributed by atoms with Crippen molar-refractivity contribution in [2.45, 2.75) is 155 Å². The number of amides is 10. The molecule has 4 heterocycles. The molecule has 0 aromatic heterocycles. The van der Waals surface area contributed by atoms with E-state index in [4.69, 9.17) is 9.47 Å². The minimum absolute atomic E-state index is 0.0194. The van der Waals surface area contributed by atoms with Gasteiger partial charge in [-0.05, 0) is 91.5 Å². The Hall–Kier alpha value is -6.46. The third-order valence-corrected chi connectivity index (χ3v) is 11.3. The van der Waals surface area contributed by atoms with Crippen LogP contribution < -0.4 is 10.6 Å². The molecule has 18 nitrogen and oxygen atoms in total. The Morgan fingerprint density at radius 1 is 0.562 bits per heavy atom. The van der Waals surface area contributed by atoms with Crippen molar-refractivity contribution in [1.82, 2.24) is 19.6 Å². The van der Waals surface area contributed by atoms with Gasteiger partial charge in [-0.3, -0.25) is 38.4 Å². The van der Waals surface area contributed by atoms with Gasteiger partial charge < -0.3 is 29.9 Å². The SMILES string of the molecule is CC(C)(C)OC(=O)N1C(=O)CCC(N2Cc3c(NC(=O)CCCCCCCCC(=O)Nc4cccc5c4CN(C4CCC(=O)N(C(=O)OC(C)(C)C)C4=O)C5=O)cccc3C2=O)C1=O. The lowest BCUT2D eigenvalue weighted by Crippen LogP contribution is -2.57. The number of likely N-dealkylation sites (tertiary alicyclic amines) is 2. The van der Waals surface area contributed by atoms with E-state index in [2.05, 4.69) is 10.6 Å². The normalized spacial score (nSPS) is 18.9. The summed E-state index contributed by atoms with van der Waals surface area (Å²) in [5.41, 5.74) is 0.785. The number of carbonyl (C=O) groups excluding carboxylic acids is 10. The first-order chi connectivity index (χ1) is 30.1. The van der Waals surface area contributed by atoms with Crippen LogP contribution in [0.15, 0.2) is 36.4 Å². The van der Waals surface area contributed by atoms with Crippen LogP contribution in [0.5, 0.6) is 0 Å². The summed E-state index contributed by atoms with van der Waals surface area (Å²) in [5.74, 6) is -4.35. The molecule has 0 spiro atoms. The Kier molecular flexibility index (Phi) is 14.0. The lowest BCUT2D eigenvalue weighted by molar-refractivity contribution is -0.152. The van der Waals surface area contributed by atoms with Crippen LogP contribution in [0.1, 0.15) is 150 Å². The van der Waals surface area contributed by atoms with Crippen LogP contribution in [0.25, 0.3) is 0 Å². The monoisotopic (exact) mass is 884 g/mol. The number of imide groups is 6. The van der Waals surface area contributed by atoms with Gasteiger partial charge in [0.1, 0.15) is 23.3 Å². The molecule has 2 aromatic rings. The maximum Gasteiger partial charge on any atom is 0.424 e. The van der Waals surface area contributed by atoms with Crippen molar-refractivity contribution in [2.24, 2.45) is 0 Å². The number of nitrogens with one attached hydrogen (secondary N) is 2. The average Bonchev–Trinajstić information content (AvgIpc) is 3.71. The van der Waals surface area contributed by atoms with E-state index in [-0.39, 0.29) is 63.4 Å².